The molecular weight excluding hydrogens is 411 g/mol. The third kappa shape index (κ3) is 2.18. The van der Waals surface area contributed by atoms with Crippen molar-refractivity contribution < 1.29 is 0 Å². The van der Waals surface area contributed by atoms with E-state index in [1.165, 1.54) is 0 Å². The number of para-hydroxylation sites is 2. The molecule has 0 aliphatic heterocycles. The summed E-state index contributed by atoms with van der Waals surface area (Å²) in [6.45, 7) is 0. The van der Waals surface area contributed by atoms with E-state index < -0.39 is 0 Å². The van der Waals surface area contributed by atoms with Crippen LogP contribution in [0.25, 0.3) is 16.7 Å². The monoisotopic (exact) mass is 416 g/mol. The van der Waals surface area contributed by atoms with E-state index in [0.29, 0.717) is 9.79 Å². The molecule has 0 saturated heterocycles. The van der Waals surface area contributed by atoms with Gasteiger partial charge in [-0.15, -0.1) is 0 Å². The van der Waals surface area contributed by atoms with Gasteiger partial charge in [0.25, 0.3) is 0 Å². The van der Waals surface area contributed by atoms with E-state index in [2.05, 4.69) is 36.8 Å². The molecule has 3 rings (SSSR count). The summed E-state index contributed by atoms with van der Waals surface area (Å²) in [7, 11) is 0. The Hall–Kier alpha value is -0.620. The van der Waals surface area contributed by atoms with Crippen LogP contribution in [0.5, 0.6) is 0 Å². The molecule has 0 fully saturated rings. The summed E-state index contributed by atoms with van der Waals surface area (Å²) in [5.41, 5.74) is 2.73. The number of nitrogens with zero attached hydrogens (tertiary/aromatic N) is 1. The van der Waals surface area contributed by atoms with Gasteiger partial charge in [-0.05, 0) is 68.3 Å². The maximum atomic E-state index is 6.31. The molecule has 0 unspecified atom stereocenters. The second-order valence-electron chi connectivity index (χ2n) is 3.97. The lowest BCUT2D eigenvalue weighted by Crippen LogP contribution is -1.97. The van der Waals surface area contributed by atoms with Gasteiger partial charge in [0.2, 0.25) is 0 Å². The number of hydrogen-bond donors (Lipinski definition) is 1. The van der Waals surface area contributed by atoms with Crippen molar-refractivity contribution >= 4 is 66.7 Å². The van der Waals surface area contributed by atoms with Crippen LogP contribution in [-0.4, -0.2) is 9.55 Å². The van der Waals surface area contributed by atoms with Crippen molar-refractivity contribution in [2.45, 2.75) is 0 Å². The van der Waals surface area contributed by atoms with Crippen molar-refractivity contribution in [3.05, 3.63) is 55.1 Å². The molecule has 0 aliphatic rings. The van der Waals surface area contributed by atoms with Crippen LogP contribution < -0.4 is 0 Å². The summed E-state index contributed by atoms with van der Waals surface area (Å²) >= 11 is 18.9. The van der Waals surface area contributed by atoms with Crippen LogP contribution >= 0.6 is 55.7 Å². The summed E-state index contributed by atoms with van der Waals surface area (Å²) in [6, 6.07) is 11.6. The van der Waals surface area contributed by atoms with E-state index in [9.17, 15) is 0 Å². The highest BCUT2D eigenvalue weighted by atomic mass is 79.9. The molecule has 1 N–H and O–H groups in total. The summed E-state index contributed by atoms with van der Waals surface area (Å²) in [6.07, 6.45) is 0. The predicted molar refractivity (Wildman–Crippen MR) is 88.9 cm³/mol. The van der Waals surface area contributed by atoms with Gasteiger partial charge < -0.3 is 4.98 Å². The zero-order chi connectivity index (χ0) is 13.6. The summed E-state index contributed by atoms with van der Waals surface area (Å²) < 4.78 is 4.43. The highest BCUT2D eigenvalue weighted by Gasteiger charge is 2.14. The lowest BCUT2D eigenvalue weighted by atomic mass is 10.3. The first-order valence-electron chi connectivity index (χ1n) is 5.43. The molecule has 0 saturated carbocycles. The minimum Gasteiger partial charge on any atom is -0.330 e. The first-order valence-corrected chi connectivity index (χ1v) is 7.80. The van der Waals surface area contributed by atoms with Crippen molar-refractivity contribution in [1.82, 2.24) is 9.55 Å². The van der Waals surface area contributed by atoms with E-state index >= 15 is 0 Å². The van der Waals surface area contributed by atoms with Gasteiger partial charge in [0.1, 0.15) is 0 Å². The van der Waals surface area contributed by atoms with Crippen LogP contribution in [0, 0.1) is 4.77 Å². The number of rotatable bonds is 1. The van der Waals surface area contributed by atoms with Crippen molar-refractivity contribution in [3.63, 3.8) is 0 Å². The molecule has 0 amide bonds. The van der Waals surface area contributed by atoms with Crippen molar-refractivity contribution in [2.75, 3.05) is 0 Å². The molecule has 0 atom stereocenters. The van der Waals surface area contributed by atoms with Gasteiger partial charge in [0.05, 0.1) is 21.7 Å². The first kappa shape index (κ1) is 13.4. The Labute approximate surface area is 136 Å². The molecule has 2 nitrogen and oxygen atoms in total. The van der Waals surface area contributed by atoms with E-state index in [4.69, 9.17) is 23.8 Å². The van der Waals surface area contributed by atoms with Gasteiger partial charge >= 0.3 is 0 Å². The number of aromatic amines is 1. The highest BCUT2D eigenvalue weighted by Crippen LogP contribution is 2.34. The topological polar surface area (TPSA) is 20.7 Å². The molecule has 96 valence electrons. The Balaban J connectivity index is 2.50. The first-order chi connectivity index (χ1) is 9.09. The van der Waals surface area contributed by atoms with Gasteiger partial charge in [0, 0.05) is 8.95 Å². The Kier molecular flexibility index (Phi) is 3.55. The van der Waals surface area contributed by atoms with E-state index in [1.807, 2.05) is 41.0 Å². The second-order valence-corrected chi connectivity index (χ2v) is 6.47. The fraction of sp³-hybridized carbons (Fsp3) is 0. The van der Waals surface area contributed by atoms with Crippen LogP contribution in [0.4, 0.5) is 0 Å². The van der Waals surface area contributed by atoms with Crippen molar-refractivity contribution in [2.24, 2.45) is 0 Å². The molecule has 0 aliphatic carbocycles. The Morgan fingerprint density at radius 1 is 1.05 bits per heavy atom. The number of nitrogens with one attached hydrogen (secondary N) is 1. The van der Waals surface area contributed by atoms with Crippen LogP contribution in [0.3, 0.4) is 0 Å². The third-order valence-electron chi connectivity index (χ3n) is 2.82. The van der Waals surface area contributed by atoms with Gasteiger partial charge in [-0.25, -0.2) is 0 Å². The number of benzene rings is 2. The molecule has 6 heteroatoms. The smallest absolute Gasteiger partial charge is 0.182 e. The molecule has 1 heterocycles. The zero-order valence-corrected chi connectivity index (χ0v) is 14.2. The second kappa shape index (κ2) is 5.05. The number of H-pyrrole nitrogens is 1. The van der Waals surface area contributed by atoms with Crippen molar-refractivity contribution in [3.8, 4) is 5.69 Å². The summed E-state index contributed by atoms with van der Waals surface area (Å²) in [4.78, 5) is 3.17. The van der Waals surface area contributed by atoms with Gasteiger partial charge in [-0.1, -0.05) is 23.7 Å². The van der Waals surface area contributed by atoms with E-state index in [-0.39, 0.29) is 0 Å². The average molecular weight is 419 g/mol. The maximum Gasteiger partial charge on any atom is 0.182 e. The van der Waals surface area contributed by atoms with E-state index in [1.54, 1.807) is 0 Å². The molecule has 0 bridgehead atoms. The van der Waals surface area contributed by atoms with Gasteiger partial charge in [-0.3, -0.25) is 4.57 Å². The number of fused-ring (bicyclic) bond motifs is 1. The SMILES string of the molecule is S=c1[nH]c2cccc(Cl)c2n1-c1c(Br)cccc1Br. The van der Waals surface area contributed by atoms with Crippen LogP contribution in [0.2, 0.25) is 5.02 Å². The highest BCUT2D eigenvalue weighted by molar-refractivity contribution is 9.11. The number of halogens is 3. The predicted octanol–water partition coefficient (Wildman–Crippen LogP) is 5.87. The largest absolute Gasteiger partial charge is 0.330 e. The lowest BCUT2D eigenvalue weighted by molar-refractivity contribution is 1.05. The van der Waals surface area contributed by atoms with Gasteiger partial charge in [0.15, 0.2) is 4.77 Å². The standard InChI is InChI=1S/C13H7Br2ClN2S/c14-7-3-1-4-8(15)11(7)18-12-9(16)5-2-6-10(12)17-13(18)19/h1-6H,(H,17,19). The number of aromatic nitrogens is 2. The summed E-state index contributed by atoms with van der Waals surface area (Å²) in [5, 5.41) is 0.660. The molecule has 0 spiro atoms. The molecule has 2 aromatic carbocycles. The molecular formula is C13H7Br2ClN2S. The average Bonchev–Trinajstić information content (AvgIpc) is 2.67. The fourth-order valence-electron chi connectivity index (χ4n) is 2.03. The normalized spacial score (nSPS) is 11.1. The Morgan fingerprint density at radius 2 is 1.68 bits per heavy atom. The molecule has 1 aromatic heterocycles. The zero-order valence-electron chi connectivity index (χ0n) is 9.45. The molecule has 19 heavy (non-hydrogen) atoms. The Morgan fingerprint density at radius 3 is 2.37 bits per heavy atom. The molecule has 3 aromatic rings. The van der Waals surface area contributed by atoms with E-state index in [0.717, 1.165) is 25.7 Å². The van der Waals surface area contributed by atoms with Crippen molar-refractivity contribution in [1.29, 1.82) is 0 Å². The van der Waals surface area contributed by atoms with Crippen LogP contribution in [0.1, 0.15) is 0 Å². The minimum atomic E-state index is 0.607. The number of imidazole rings is 1. The van der Waals surface area contributed by atoms with Crippen LogP contribution in [-0.2, 0) is 0 Å². The maximum absolute atomic E-state index is 6.31. The van der Waals surface area contributed by atoms with Gasteiger partial charge in [-0.2, -0.15) is 0 Å². The quantitative estimate of drug-likeness (QED) is 0.491. The summed E-state index contributed by atoms with van der Waals surface area (Å²) in [5.74, 6) is 0. The van der Waals surface area contributed by atoms with Crippen LogP contribution in [0.15, 0.2) is 45.3 Å². The molecule has 0 radical (unpaired) electrons. The Bertz CT molecular complexity index is 818. The third-order valence-corrected chi connectivity index (χ3v) is 4.69. The minimum absolute atomic E-state index is 0.607. The number of hydrogen-bond acceptors (Lipinski definition) is 1. The lowest BCUT2D eigenvalue weighted by Gasteiger charge is -2.10. The fourth-order valence-corrected chi connectivity index (χ4v) is 3.94.